The van der Waals surface area contributed by atoms with Crippen LogP contribution in [0, 0.1) is 0 Å². The van der Waals surface area contributed by atoms with E-state index in [1.807, 2.05) is 23.6 Å². The summed E-state index contributed by atoms with van der Waals surface area (Å²) in [5.74, 6) is 5.73. The highest BCUT2D eigenvalue weighted by atomic mass is 32.2. The molecule has 3 N–H and O–H groups in total. The summed E-state index contributed by atoms with van der Waals surface area (Å²) in [7, 11) is 0. The van der Waals surface area contributed by atoms with Gasteiger partial charge in [0.05, 0.1) is 4.88 Å². The van der Waals surface area contributed by atoms with Crippen LogP contribution in [0.25, 0.3) is 10.8 Å². The van der Waals surface area contributed by atoms with Gasteiger partial charge in [-0.25, -0.2) is 5.84 Å². The van der Waals surface area contributed by atoms with Gasteiger partial charge in [0.25, 0.3) is 5.91 Å². The smallest absolute Gasteiger partial charge is 0.275 e. The number of hydrogen-bond acceptors (Lipinski definition) is 4. The first-order valence-electron chi connectivity index (χ1n) is 6.47. The summed E-state index contributed by atoms with van der Waals surface area (Å²) in [6.07, 6.45) is 0. The van der Waals surface area contributed by atoms with E-state index in [-0.39, 0.29) is 5.91 Å². The molecular weight excluding hydrogens is 300 g/mol. The van der Waals surface area contributed by atoms with E-state index in [4.69, 9.17) is 5.84 Å². The maximum atomic E-state index is 11.6. The fourth-order valence-corrected chi connectivity index (χ4v) is 3.99. The van der Waals surface area contributed by atoms with Gasteiger partial charge >= 0.3 is 0 Å². The molecular formula is C16H14N2OS2. The van der Waals surface area contributed by atoms with Crippen molar-refractivity contribution in [3.05, 3.63) is 64.4 Å². The lowest BCUT2D eigenvalue weighted by Gasteiger charge is -2.05. The third-order valence-electron chi connectivity index (χ3n) is 3.20. The van der Waals surface area contributed by atoms with Crippen molar-refractivity contribution in [1.29, 1.82) is 0 Å². The molecule has 0 atom stereocenters. The molecule has 3 aromatic rings. The van der Waals surface area contributed by atoms with Crippen LogP contribution in [0.2, 0.25) is 0 Å². The molecule has 1 amide bonds. The summed E-state index contributed by atoms with van der Waals surface area (Å²) >= 11 is 3.14. The molecule has 0 saturated heterocycles. The number of rotatable bonds is 4. The highest BCUT2D eigenvalue weighted by molar-refractivity contribution is 7.98. The van der Waals surface area contributed by atoms with Gasteiger partial charge in [0, 0.05) is 10.6 Å². The minimum Gasteiger partial charge on any atom is -0.289 e. The Kier molecular flexibility index (Phi) is 4.24. The molecule has 0 unspecified atom stereocenters. The van der Waals surface area contributed by atoms with Crippen LogP contribution in [0.15, 0.2) is 58.8 Å². The van der Waals surface area contributed by atoms with Crippen LogP contribution in [-0.4, -0.2) is 5.91 Å². The lowest BCUT2D eigenvalue weighted by Crippen LogP contribution is -2.29. The van der Waals surface area contributed by atoms with Gasteiger partial charge in [0.15, 0.2) is 0 Å². The van der Waals surface area contributed by atoms with Crippen molar-refractivity contribution < 1.29 is 4.79 Å². The molecule has 0 bridgehead atoms. The van der Waals surface area contributed by atoms with E-state index >= 15 is 0 Å². The first kappa shape index (κ1) is 14.1. The molecule has 0 radical (unpaired) electrons. The second kappa shape index (κ2) is 6.30. The number of nitrogens with two attached hydrogens (primary N) is 1. The number of fused-ring (bicyclic) bond motifs is 1. The van der Waals surface area contributed by atoms with Gasteiger partial charge < -0.3 is 0 Å². The van der Waals surface area contributed by atoms with Crippen molar-refractivity contribution in [1.82, 2.24) is 5.43 Å². The van der Waals surface area contributed by atoms with Crippen LogP contribution in [-0.2, 0) is 5.75 Å². The third-order valence-corrected chi connectivity index (χ3v) is 5.20. The minimum absolute atomic E-state index is 0.223. The summed E-state index contributed by atoms with van der Waals surface area (Å²) < 4.78 is 0. The van der Waals surface area contributed by atoms with Gasteiger partial charge in [-0.2, -0.15) is 0 Å². The van der Waals surface area contributed by atoms with E-state index in [9.17, 15) is 4.79 Å². The van der Waals surface area contributed by atoms with E-state index in [1.165, 1.54) is 27.0 Å². The Balaban J connectivity index is 1.77. The number of nitrogens with one attached hydrogen (secondary N) is 1. The number of carbonyl (C=O) groups is 1. The number of hydrogen-bond donors (Lipinski definition) is 2. The van der Waals surface area contributed by atoms with E-state index < -0.39 is 0 Å². The first-order valence-corrected chi connectivity index (χ1v) is 8.33. The number of carbonyl (C=O) groups excluding carboxylic acids is 1. The monoisotopic (exact) mass is 314 g/mol. The van der Waals surface area contributed by atoms with E-state index in [0.717, 1.165) is 11.3 Å². The van der Waals surface area contributed by atoms with Crippen LogP contribution < -0.4 is 11.3 Å². The van der Waals surface area contributed by atoms with Crippen LogP contribution in [0.3, 0.4) is 0 Å². The highest BCUT2D eigenvalue weighted by Crippen LogP contribution is 2.29. The van der Waals surface area contributed by atoms with Crippen molar-refractivity contribution in [2.45, 2.75) is 10.6 Å². The number of thioether (sulfide) groups is 1. The Labute approximate surface area is 131 Å². The van der Waals surface area contributed by atoms with Gasteiger partial charge in [-0.15, -0.1) is 23.1 Å². The summed E-state index contributed by atoms with van der Waals surface area (Å²) in [6.45, 7) is 0. The van der Waals surface area contributed by atoms with Crippen molar-refractivity contribution in [3.63, 3.8) is 0 Å². The molecule has 21 heavy (non-hydrogen) atoms. The summed E-state index contributed by atoms with van der Waals surface area (Å²) in [6, 6.07) is 16.7. The largest absolute Gasteiger partial charge is 0.289 e. The normalized spacial score (nSPS) is 10.7. The number of thiophene rings is 1. The van der Waals surface area contributed by atoms with Crippen LogP contribution in [0.5, 0.6) is 0 Å². The van der Waals surface area contributed by atoms with Gasteiger partial charge in [-0.05, 0) is 39.9 Å². The zero-order chi connectivity index (χ0) is 14.7. The molecule has 5 heteroatoms. The summed E-state index contributed by atoms with van der Waals surface area (Å²) in [5.41, 5.74) is 3.21. The molecule has 106 valence electrons. The van der Waals surface area contributed by atoms with Crippen LogP contribution in [0.4, 0.5) is 0 Å². The summed E-state index contributed by atoms with van der Waals surface area (Å²) in [5, 5.41) is 4.38. The molecule has 0 fully saturated rings. The molecule has 0 saturated carbocycles. The quantitative estimate of drug-likeness (QED) is 0.333. The van der Waals surface area contributed by atoms with Crippen molar-refractivity contribution in [2.24, 2.45) is 5.84 Å². The number of hydrazine groups is 1. The van der Waals surface area contributed by atoms with Crippen LogP contribution >= 0.6 is 23.1 Å². The zero-order valence-corrected chi connectivity index (χ0v) is 12.8. The lowest BCUT2D eigenvalue weighted by atomic mass is 10.1. The number of nitrogen functional groups attached to an aromatic ring is 1. The van der Waals surface area contributed by atoms with Gasteiger partial charge in [-0.3, -0.25) is 10.2 Å². The zero-order valence-electron chi connectivity index (χ0n) is 11.2. The Morgan fingerprint density at radius 3 is 2.76 bits per heavy atom. The van der Waals surface area contributed by atoms with E-state index in [2.05, 4.69) is 35.8 Å². The second-order valence-corrected chi connectivity index (χ2v) is 6.51. The molecule has 1 heterocycles. The van der Waals surface area contributed by atoms with E-state index in [1.54, 1.807) is 11.8 Å². The average molecular weight is 314 g/mol. The SMILES string of the molecule is NNC(=O)c1sccc1CSc1ccc2ccccc2c1. The average Bonchev–Trinajstić information content (AvgIpc) is 3.00. The first-order chi connectivity index (χ1) is 10.3. The molecule has 0 aliphatic heterocycles. The Morgan fingerprint density at radius 1 is 1.14 bits per heavy atom. The molecule has 0 spiro atoms. The fourth-order valence-electron chi connectivity index (χ4n) is 2.13. The van der Waals surface area contributed by atoms with E-state index in [0.29, 0.717) is 4.88 Å². The Morgan fingerprint density at radius 2 is 1.95 bits per heavy atom. The Hall–Kier alpha value is -1.82. The molecule has 0 aliphatic carbocycles. The van der Waals surface area contributed by atoms with Gasteiger partial charge in [0.1, 0.15) is 0 Å². The molecule has 1 aromatic heterocycles. The van der Waals surface area contributed by atoms with Crippen molar-refractivity contribution in [3.8, 4) is 0 Å². The summed E-state index contributed by atoms with van der Waals surface area (Å²) in [4.78, 5) is 13.5. The number of amides is 1. The predicted molar refractivity (Wildman–Crippen MR) is 89.5 cm³/mol. The fraction of sp³-hybridized carbons (Fsp3) is 0.0625. The molecule has 3 nitrogen and oxygen atoms in total. The standard InChI is InChI=1S/C16H14N2OS2/c17-18-16(19)15-13(7-8-20-15)10-21-14-6-5-11-3-1-2-4-12(11)9-14/h1-9H,10,17H2,(H,18,19). The lowest BCUT2D eigenvalue weighted by molar-refractivity contribution is 0.0957. The second-order valence-electron chi connectivity index (χ2n) is 4.55. The maximum absolute atomic E-state index is 11.6. The van der Waals surface area contributed by atoms with Crippen LogP contribution in [0.1, 0.15) is 15.2 Å². The molecule has 3 rings (SSSR count). The number of benzene rings is 2. The van der Waals surface area contributed by atoms with Crippen molar-refractivity contribution in [2.75, 3.05) is 0 Å². The molecule has 0 aliphatic rings. The topological polar surface area (TPSA) is 55.1 Å². The van der Waals surface area contributed by atoms with Crippen molar-refractivity contribution >= 4 is 39.8 Å². The van der Waals surface area contributed by atoms with Gasteiger partial charge in [0.2, 0.25) is 0 Å². The maximum Gasteiger partial charge on any atom is 0.275 e. The highest BCUT2D eigenvalue weighted by Gasteiger charge is 2.12. The predicted octanol–water partition coefficient (Wildman–Crippen LogP) is 3.80. The third kappa shape index (κ3) is 3.10. The van der Waals surface area contributed by atoms with Gasteiger partial charge in [-0.1, -0.05) is 30.3 Å². The Bertz CT molecular complexity index is 783. The minimum atomic E-state index is -0.223. The molecule has 2 aromatic carbocycles.